The first-order chi connectivity index (χ1) is 13.2. The van der Waals surface area contributed by atoms with Crippen LogP contribution < -0.4 is 5.56 Å². The summed E-state index contributed by atoms with van der Waals surface area (Å²) in [6.07, 6.45) is 3.69. The molecule has 1 atom stereocenters. The summed E-state index contributed by atoms with van der Waals surface area (Å²) in [4.78, 5) is 26.2. The van der Waals surface area contributed by atoms with E-state index in [0.29, 0.717) is 18.1 Å². The zero-order valence-electron chi connectivity index (χ0n) is 14.9. The Morgan fingerprint density at radius 3 is 2.93 bits per heavy atom. The van der Waals surface area contributed by atoms with E-state index in [0.717, 1.165) is 37.2 Å². The Balaban J connectivity index is 1.54. The van der Waals surface area contributed by atoms with Crippen molar-refractivity contribution in [1.82, 2.24) is 19.9 Å². The summed E-state index contributed by atoms with van der Waals surface area (Å²) in [5, 5.41) is 0. The number of aromatic nitrogens is 3. The number of hydrogen-bond acceptors (Lipinski definition) is 4. The standard InChI is InChI=1S/C21H21FN4O/c22-17-7-3-5-15(11-17)13-26-10-4-6-16(14-26)19-12-20(27)25-21(24-19)18-8-1-2-9-23-18/h1-3,5,7-9,11-12,16H,4,6,10,13-14H2,(H,24,25,27)/t16-/m0/s1. The van der Waals surface area contributed by atoms with Gasteiger partial charge in [-0.25, -0.2) is 9.37 Å². The molecule has 27 heavy (non-hydrogen) atoms. The summed E-state index contributed by atoms with van der Waals surface area (Å²) in [6.45, 7) is 2.46. The van der Waals surface area contributed by atoms with Gasteiger partial charge in [0.1, 0.15) is 11.5 Å². The van der Waals surface area contributed by atoms with E-state index in [4.69, 9.17) is 0 Å². The number of halogens is 1. The third kappa shape index (κ3) is 4.28. The van der Waals surface area contributed by atoms with Crippen molar-refractivity contribution in [3.05, 3.63) is 82.2 Å². The Kier molecular flexibility index (Phi) is 5.07. The van der Waals surface area contributed by atoms with Crippen LogP contribution >= 0.6 is 0 Å². The lowest BCUT2D eigenvalue weighted by molar-refractivity contribution is 0.198. The SMILES string of the molecule is O=c1cc([C@H]2CCCN(Cc3cccc(F)c3)C2)nc(-c2ccccn2)[nH]1. The van der Waals surface area contributed by atoms with Gasteiger partial charge in [-0.15, -0.1) is 0 Å². The quantitative estimate of drug-likeness (QED) is 0.771. The molecule has 1 fully saturated rings. The molecule has 3 heterocycles. The number of piperidine rings is 1. The second-order valence-electron chi connectivity index (χ2n) is 6.94. The Morgan fingerprint density at radius 1 is 1.19 bits per heavy atom. The van der Waals surface area contributed by atoms with Gasteiger partial charge < -0.3 is 4.98 Å². The van der Waals surface area contributed by atoms with Crippen molar-refractivity contribution < 1.29 is 4.39 Å². The summed E-state index contributed by atoms with van der Waals surface area (Å²) in [6, 6.07) is 13.8. The topological polar surface area (TPSA) is 61.9 Å². The van der Waals surface area contributed by atoms with E-state index in [-0.39, 0.29) is 17.3 Å². The van der Waals surface area contributed by atoms with Crippen LogP contribution in [0.3, 0.4) is 0 Å². The molecular weight excluding hydrogens is 343 g/mol. The molecule has 0 spiro atoms. The first-order valence-corrected chi connectivity index (χ1v) is 9.17. The van der Waals surface area contributed by atoms with Crippen molar-refractivity contribution in [1.29, 1.82) is 0 Å². The molecule has 0 saturated carbocycles. The Morgan fingerprint density at radius 2 is 2.11 bits per heavy atom. The van der Waals surface area contributed by atoms with Crippen LogP contribution in [0.15, 0.2) is 59.5 Å². The second-order valence-corrected chi connectivity index (χ2v) is 6.94. The van der Waals surface area contributed by atoms with Crippen LogP contribution in [0.4, 0.5) is 4.39 Å². The number of aromatic amines is 1. The van der Waals surface area contributed by atoms with Gasteiger partial charge in [-0.05, 0) is 49.2 Å². The second kappa shape index (κ2) is 7.80. The largest absolute Gasteiger partial charge is 0.305 e. The number of H-pyrrole nitrogens is 1. The molecule has 4 rings (SSSR count). The van der Waals surface area contributed by atoms with Crippen molar-refractivity contribution >= 4 is 0 Å². The number of benzene rings is 1. The summed E-state index contributed by atoms with van der Waals surface area (Å²) < 4.78 is 13.4. The van der Waals surface area contributed by atoms with Crippen LogP contribution in [-0.2, 0) is 6.54 Å². The van der Waals surface area contributed by atoms with E-state index >= 15 is 0 Å². The normalized spacial score (nSPS) is 17.7. The van der Waals surface area contributed by atoms with Gasteiger partial charge in [0.15, 0.2) is 5.82 Å². The minimum atomic E-state index is -0.211. The predicted octanol–water partition coefficient (Wildman–Crippen LogP) is 3.35. The van der Waals surface area contributed by atoms with Crippen molar-refractivity contribution in [2.75, 3.05) is 13.1 Å². The van der Waals surface area contributed by atoms with E-state index in [9.17, 15) is 9.18 Å². The Labute approximate surface area is 156 Å². The maximum absolute atomic E-state index is 13.4. The molecule has 1 aromatic carbocycles. The van der Waals surface area contributed by atoms with Crippen LogP contribution in [0.2, 0.25) is 0 Å². The molecule has 1 saturated heterocycles. The fourth-order valence-electron chi connectivity index (χ4n) is 3.64. The summed E-state index contributed by atoms with van der Waals surface area (Å²) >= 11 is 0. The van der Waals surface area contributed by atoms with Gasteiger partial charge in [-0.1, -0.05) is 18.2 Å². The Hall–Kier alpha value is -2.86. The molecule has 0 amide bonds. The highest BCUT2D eigenvalue weighted by Gasteiger charge is 2.23. The summed E-state index contributed by atoms with van der Waals surface area (Å²) in [7, 11) is 0. The predicted molar refractivity (Wildman–Crippen MR) is 102 cm³/mol. The third-order valence-corrected chi connectivity index (χ3v) is 4.89. The molecule has 6 heteroatoms. The molecule has 1 N–H and O–H groups in total. The van der Waals surface area contributed by atoms with Crippen molar-refractivity contribution in [2.24, 2.45) is 0 Å². The van der Waals surface area contributed by atoms with Gasteiger partial charge in [0.2, 0.25) is 0 Å². The molecule has 1 aliphatic heterocycles. The number of hydrogen-bond donors (Lipinski definition) is 1. The van der Waals surface area contributed by atoms with Crippen LogP contribution in [0, 0.1) is 5.82 Å². The Bertz CT molecular complexity index is 973. The van der Waals surface area contributed by atoms with Crippen molar-refractivity contribution in [2.45, 2.75) is 25.3 Å². The zero-order valence-corrected chi connectivity index (χ0v) is 14.9. The molecule has 2 aromatic heterocycles. The molecule has 1 aliphatic rings. The fraction of sp³-hybridized carbons (Fsp3) is 0.286. The molecule has 138 valence electrons. The molecular formula is C21H21FN4O. The highest BCUT2D eigenvalue weighted by Crippen LogP contribution is 2.27. The summed E-state index contributed by atoms with van der Waals surface area (Å²) in [5.41, 5.74) is 2.25. The van der Waals surface area contributed by atoms with Crippen LogP contribution in [0.1, 0.15) is 30.0 Å². The average molecular weight is 364 g/mol. The lowest BCUT2D eigenvalue weighted by Crippen LogP contribution is -2.34. The van der Waals surface area contributed by atoms with Crippen LogP contribution in [-0.4, -0.2) is 32.9 Å². The number of pyridine rings is 1. The molecule has 0 radical (unpaired) electrons. The average Bonchev–Trinajstić information content (AvgIpc) is 2.68. The molecule has 3 aromatic rings. The lowest BCUT2D eigenvalue weighted by atomic mass is 9.94. The number of rotatable bonds is 4. The first-order valence-electron chi connectivity index (χ1n) is 9.17. The lowest BCUT2D eigenvalue weighted by Gasteiger charge is -2.32. The number of likely N-dealkylation sites (tertiary alicyclic amines) is 1. The highest BCUT2D eigenvalue weighted by atomic mass is 19.1. The van der Waals surface area contributed by atoms with Gasteiger partial charge in [0.25, 0.3) is 5.56 Å². The zero-order chi connectivity index (χ0) is 18.6. The van der Waals surface area contributed by atoms with E-state index in [2.05, 4.69) is 19.9 Å². The first kappa shape index (κ1) is 17.5. The van der Waals surface area contributed by atoms with E-state index in [1.807, 2.05) is 24.3 Å². The monoisotopic (exact) mass is 364 g/mol. The van der Waals surface area contributed by atoms with Crippen LogP contribution in [0.5, 0.6) is 0 Å². The minimum absolute atomic E-state index is 0.164. The molecule has 0 bridgehead atoms. The van der Waals surface area contributed by atoms with Crippen LogP contribution in [0.25, 0.3) is 11.5 Å². The van der Waals surface area contributed by atoms with E-state index in [1.54, 1.807) is 24.4 Å². The van der Waals surface area contributed by atoms with Gasteiger partial charge in [-0.3, -0.25) is 14.7 Å². The maximum Gasteiger partial charge on any atom is 0.251 e. The van der Waals surface area contributed by atoms with Gasteiger partial charge >= 0.3 is 0 Å². The minimum Gasteiger partial charge on any atom is -0.305 e. The highest BCUT2D eigenvalue weighted by molar-refractivity contribution is 5.48. The fourth-order valence-corrected chi connectivity index (χ4v) is 3.64. The van der Waals surface area contributed by atoms with Gasteiger partial charge in [-0.2, -0.15) is 0 Å². The third-order valence-electron chi connectivity index (χ3n) is 4.89. The van der Waals surface area contributed by atoms with Crippen molar-refractivity contribution in [3.63, 3.8) is 0 Å². The van der Waals surface area contributed by atoms with E-state index < -0.39 is 0 Å². The molecule has 0 unspecified atom stereocenters. The maximum atomic E-state index is 13.4. The van der Waals surface area contributed by atoms with Gasteiger partial charge in [0, 0.05) is 31.3 Å². The summed E-state index contributed by atoms with van der Waals surface area (Å²) in [5.74, 6) is 0.467. The van der Waals surface area contributed by atoms with Crippen molar-refractivity contribution in [3.8, 4) is 11.5 Å². The molecule has 5 nitrogen and oxygen atoms in total. The molecule has 0 aliphatic carbocycles. The van der Waals surface area contributed by atoms with E-state index in [1.165, 1.54) is 6.07 Å². The van der Waals surface area contributed by atoms with Gasteiger partial charge in [0.05, 0.1) is 5.69 Å². The number of nitrogens with zero attached hydrogens (tertiary/aromatic N) is 3. The smallest absolute Gasteiger partial charge is 0.251 e. The number of nitrogens with one attached hydrogen (secondary N) is 1.